The summed E-state index contributed by atoms with van der Waals surface area (Å²) in [5, 5.41) is 30.9. The van der Waals surface area contributed by atoms with Gasteiger partial charge in [0.05, 0.1) is 11.4 Å². The van der Waals surface area contributed by atoms with E-state index in [9.17, 15) is 0 Å². The molecule has 0 atom stereocenters. The molecule has 8 fully saturated rings. The molecule has 8 bridgehead atoms. The molecule has 1 heterocycles. The first-order valence-electron chi connectivity index (χ1n) is 25.8. The average Bonchev–Trinajstić information content (AvgIpc) is 3.18. The van der Waals surface area contributed by atoms with Gasteiger partial charge in [0.25, 0.3) is 0 Å². The second-order valence-corrected chi connectivity index (χ2v) is 27.3. The summed E-state index contributed by atoms with van der Waals surface area (Å²) in [6.45, 7) is 28.4. The van der Waals surface area contributed by atoms with E-state index < -0.39 is 0 Å². The van der Waals surface area contributed by atoms with E-state index in [0.29, 0.717) is 11.8 Å². The molecule has 0 spiro atoms. The largest absolute Gasteiger partial charge is 4.00 e. The van der Waals surface area contributed by atoms with Crippen LogP contribution in [0.15, 0.2) is 78.9 Å². The smallest absolute Gasteiger partial charge is 0.872 e. The van der Waals surface area contributed by atoms with Gasteiger partial charge in [0.2, 0.25) is 0 Å². The Balaban J connectivity index is 0.00000214. The van der Waals surface area contributed by atoms with E-state index in [0.717, 1.165) is 106 Å². The van der Waals surface area contributed by atoms with Crippen molar-refractivity contribution in [2.75, 3.05) is 0 Å². The summed E-state index contributed by atoms with van der Waals surface area (Å²) in [6.07, 6.45) is 14.3. The molecule has 4 aromatic carbocycles. The number of hydrogen-bond donors (Lipinski definition) is 0. The minimum atomic E-state index is -0.0987. The molecular weight excluding hydrogens is 1010 g/mol. The van der Waals surface area contributed by atoms with Crippen LogP contribution >= 0.6 is 0 Å². The van der Waals surface area contributed by atoms with E-state index in [4.69, 9.17) is 4.98 Å². The van der Waals surface area contributed by atoms with Crippen molar-refractivity contribution in [1.29, 1.82) is 0 Å². The second-order valence-electron chi connectivity index (χ2n) is 27.3. The molecule has 8 aliphatic rings. The monoisotopic (exact) mass is 1090 g/mol. The maximum absolute atomic E-state index is 15.4. The molecule has 1 aromatic heterocycles. The zero-order chi connectivity index (χ0) is 46.8. The molecule has 5 aromatic rings. The maximum Gasteiger partial charge on any atom is 4.00 e. The van der Waals surface area contributed by atoms with Gasteiger partial charge in [0, 0.05) is 11.1 Å². The number of aromatic nitrogens is 1. The van der Waals surface area contributed by atoms with Crippen molar-refractivity contribution >= 4 is 0 Å². The van der Waals surface area contributed by atoms with E-state index in [1.54, 1.807) is 0 Å². The van der Waals surface area contributed by atoms with Crippen molar-refractivity contribution in [2.24, 2.45) is 32.5 Å². The van der Waals surface area contributed by atoms with Crippen LogP contribution in [0.3, 0.4) is 0 Å². The standard InChI is InChI=1S/C63H77NO2.2CH3.Hf/c1-38(2)42-16-18-44(48-20-40(5)22-50(54(48)65)62-32-56(7)26-57(8,33-62)28-58(9,27-56)34-62)46(24-42)52-14-13-15-53(64-52)47-25-43(39(3)4)17-19-45(47)49-21-41(6)23-51(55(49)66)63-35-59(10)29-60(11,36-63)31-61(12,30-59)37-63;;;/h13-25,38-39,65-66H,26-37H2,1-12H3;2*1H3;/q;2*-1;+4/p-2. The fourth-order valence-electron chi connectivity index (χ4n) is 19.4. The normalized spacial score (nSPS) is 33.6. The van der Waals surface area contributed by atoms with E-state index in [1.807, 2.05) is 0 Å². The van der Waals surface area contributed by atoms with Gasteiger partial charge in [0.15, 0.2) is 0 Å². The summed E-state index contributed by atoms with van der Waals surface area (Å²) < 4.78 is 0. The van der Waals surface area contributed by atoms with Crippen molar-refractivity contribution < 1.29 is 36.1 Å². The summed E-state index contributed by atoms with van der Waals surface area (Å²) >= 11 is 0. The SMILES string of the molecule is Cc1cc(-c2ccc(C(C)C)cc2-c2cccc(-c3cc(C(C)C)ccc3-c3cc(C)cc(C45CC6(C)CC(C)(CC(C)(C6)C4)C5)c3[O-])n2)c([O-])c(C23CC4(C)CC(C)(CC(C)(C4)C2)C3)c1.[CH3-].[CH3-].[Hf+4]. The van der Waals surface area contributed by atoms with Crippen LogP contribution in [-0.2, 0) is 36.7 Å². The number of pyridine rings is 1. The fourth-order valence-corrected chi connectivity index (χ4v) is 19.4. The molecule has 362 valence electrons. The summed E-state index contributed by atoms with van der Waals surface area (Å²) in [5.74, 6) is 1.01. The van der Waals surface area contributed by atoms with Gasteiger partial charge >= 0.3 is 25.8 Å². The summed E-state index contributed by atoms with van der Waals surface area (Å²) in [7, 11) is 0. The first-order valence-corrected chi connectivity index (χ1v) is 25.8. The molecule has 4 heteroatoms. The molecule has 13 rings (SSSR count). The van der Waals surface area contributed by atoms with Gasteiger partial charge in [-0.05, 0) is 215 Å². The molecule has 0 saturated heterocycles. The summed E-state index contributed by atoms with van der Waals surface area (Å²) in [5.41, 5.74) is 15.5. The third-order valence-electron chi connectivity index (χ3n) is 18.6. The third kappa shape index (κ3) is 8.47. The zero-order valence-corrected chi connectivity index (χ0v) is 48.5. The van der Waals surface area contributed by atoms with Crippen LogP contribution < -0.4 is 10.2 Å². The Labute approximate surface area is 436 Å². The molecule has 0 unspecified atom stereocenters. The predicted octanol–water partition coefficient (Wildman–Crippen LogP) is 16.9. The van der Waals surface area contributed by atoms with Crippen LogP contribution in [0.1, 0.15) is 192 Å². The Hall–Kier alpha value is -3.50. The Morgan fingerprint density at radius 3 is 1.00 bits per heavy atom. The van der Waals surface area contributed by atoms with Gasteiger partial charge in [-0.2, -0.15) is 0 Å². The molecule has 0 radical (unpaired) electrons. The summed E-state index contributed by atoms with van der Waals surface area (Å²) in [6, 6.07) is 28.7. The van der Waals surface area contributed by atoms with Gasteiger partial charge in [-0.3, -0.25) is 0 Å². The molecule has 3 nitrogen and oxygen atoms in total. The van der Waals surface area contributed by atoms with Gasteiger partial charge in [-0.25, -0.2) is 4.98 Å². The number of nitrogens with zero attached hydrogens (tertiary/aromatic N) is 1. The number of aryl methyl sites for hydroxylation is 2. The molecule has 0 aliphatic heterocycles. The molecule has 8 aliphatic carbocycles. The van der Waals surface area contributed by atoms with E-state index in [2.05, 4.69) is 162 Å². The van der Waals surface area contributed by atoms with Gasteiger partial charge in [0.1, 0.15) is 0 Å². The summed E-state index contributed by atoms with van der Waals surface area (Å²) in [4.78, 5) is 5.59. The topological polar surface area (TPSA) is 59.0 Å². The Bertz CT molecular complexity index is 2550. The average molecular weight is 1090 g/mol. The first kappa shape index (κ1) is 51.8. The van der Waals surface area contributed by atoms with Gasteiger partial charge in [-0.15, -0.1) is 0 Å². The van der Waals surface area contributed by atoms with Crippen molar-refractivity contribution in [3.63, 3.8) is 0 Å². The van der Waals surface area contributed by atoms with Crippen molar-refractivity contribution in [2.45, 2.75) is 183 Å². The number of benzene rings is 4. The Kier molecular flexibility index (Phi) is 12.6. The fraction of sp³-hybridized carbons (Fsp3) is 0.523. The number of rotatable bonds is 8. The quantitative estimate of drug-likeness (QED) is 0.115. The second kappa shape index (κ2) is 16.8. The Morgan fingerprint density at radius 2 is 0.710 bits per heavy atom. The minimum absolute atomic E-state index is 0. The third-order valence-corrected chi connectivity index (χ3v) is 18.6. The van der Waals surface area contributed by atoms with Crippen molar-refractivity contribution in [3.05, 3.63) is 127 Å². The van der Waals surface area contributed by atoms with E-state index in [-0.39, 0.29) is 95.5 Å². The van der Waals surface area contributed by atoms with E-state index >= 15 is 10.2 Å². The first-order chi connectivity index (χ1) is 30.8. The molecule has 8 saturated carbocycles. The van der Waals surface area contributed by atoms with Gasteiger partial charge in [-0.1, -0.05) is 146 Å². The predicted molar refractivity (Wildman–Crippen MR) is 283 cm³/mol. The van der Waals surface area contributed by atoms with Crippen LogP contribution in [-0.4, -0.2) is 4.98 Å². The molecule has 69 heavy (non-hydrogen) atoms. The van der Waals surface area contributed by atoms with Gasteiger partial charge < -0.3 is 25.1 Å². The van der Waals surface area contributed by atoms with Crippen LogP contribution in [0.4, 0.5) is 0 Å². The van der Waals surface area contributed by atoms with Crippen LogP contribution in [0.5, 0.6) is 11.5 Å². The van der Waals surface area contributed by atoms with Crippen LogP contribution in [0.2, 0.25) is 0 Å². The van der Waals surface area contributed by atoms with Crippen LogP contribution in [0, 0.1) is 61.2 Å². The number of hydrogen-bond acceptors (Lipinski definition) is 3. The molecule has 0 amide bonds. The van der Waals surface area contributed by atoms with Crippen molar-refractivity contribution in [3.8, 4) is 56.3 Å². The Morgan fingerprint density at radius 1 is 0.406 bits per heavy atom. The molecular formula is C65H81HfNO2. The zero-order valence-electron chi connectivity index (χ0n) is 44.9. The van der Waals surface area contributed by atoms with E-state index in [1.165, 1.54) is 49.7 Å². The maximum atomic E-state index is 15.4. The van der Waals surface area contributed by atoms with Crippen molar-refractivity contribution in [1.82, 2.24) is 4.98 Å². The minimum Gasteiger partial charge on any atom is -0.872 e. The molecule has 0 N–H and O–H groups in total. The van der Waals surface area contributed by atoms with Crippen LogP contribution in [0.25, 0.3) is 44.8 Å².